The summed E-state index contributed by atoms with van der Waals surface area (Å²) in [6, 6.07) is 11.2. The highest BCUT2D eigenvalue weighted by Gasteiger charge is 2.33. The first kappa shape index (κ1) is 18.5. The van der Waals surface area contributed by atoms with Gasteiger partial charge in [0.2, 0.25) is 0 Å². The number of nitrogens with one attached hydrogen (secondary N) is 1. The summed E-state index contributed by atoms with van der Waals surface area (Å²) in [4.78, 5) is 9.72. The van der Waals surface area contributed by atoms with Gasteiger partial charge in [0.05, 0.1) is 6.04 Å². The van der Waals surface area contributed by atoms with Crippen LogP contribution in [0.2, 0.25) is 0 Å². The molecule has 1 N–H and O–H groups in total. The highest BCUT2D eigenvalue weighted by Crippen LogP contribution is 2.43. The molecule has 1 aromatic heterocycles. The van der Waals surface area contributed by atoms with E-state index in [1.807, 2.05) is 12.3 Å². The molecule has 4 rings (SSSR count). The molecule has 3 heteroatoms. The van der Waals surface area contributed by atoms with Gasteiger partial charge in [-0.1, -0.05) is 51.5 Å². The van der Waals surface area contributed by atoms with E-state index in [0.717, 1.165) is 17.6 Å². The predicted octanol–water partition coefficient (Wildman–Crippen LogP) is 6.14. The van der Waals surface area contributed by atoms with Crippen LogP contribution in [0.1, 0.15) is 81.8 Å². The molecule has 3 unspecified atom stereocenters. The number of hydrogen-bond acceptors (Lipinski definition) is 3. The van der Waals surface area contributed by atoms with E-state index in [1.165, 1.54) is 49.7 Å². The Morgan fingerprint density at radius 3 is 2.78 bits per heavy atom. The lowest BCUT2D eigenvalue weighted by Crippen LogP contribution is -2.27. The molecular weight excluding hydrogens is 330 g/mol. The van der Waals surface area contributed by atoms with Crippen LogP contribution in [-0.2, 0) is 6.42 Å². The minimum atomic E-state index is 0.365. The van der Waals surface area contributed by atoms with Crippen LogP contribution >= 0.6 is 0 Å². The third kappa shape index (κ3) is 4.02. The van der Waals surface area contributed by atoms with E-state index in [0.29, 0.717) is 23.8 Å². The van der Waals surface area contributed by atoms with Gasteiger partial charge in [0.15, 0.2) is 0 Å². The zero-order valence-corrected chi connectivity index (χ0v) is 17.0. The maximum atomic E-state index is 5.01. The summed E-state index contributed by atoms with van der Waals surface area (Å²) in [5, 5.41) is 3.72. The molecule has 0 aliphatic heterocycles. The Labute approximate surface area is 164 Å². The first-order valence-corrected chi connectivity index (χ1v) is 10.8. The normalized spacial score (nSPS) is 28.0. The zero-order valence-electron chi connectivity index (χ0n) is 17.0. The Kier molecular flexibility index (Phi) is 5.47. The van der Waals surface area contributed by atoms with E-state index in [-0.39, 0.29) is 0 Å². The molecule has 2 aromatic rings. The summed E-state index contributed by atoms with van der Waals surface area (Å²) < 4.78 is 0. The van der Waals surface area contributed by atoms with Crippen molar-refractivity contribution in [2.45, 2.75) is 71.3 Å². The van der Waals surface area contributed by atoms with Gasteiger partial charge in [0.25, 0.3) is 0 Å². The summed E-state index contributed by atoms with van der Waals surface area (Å²) >= 11 is 0. The van der Waals surface area contributed by atoms with E-state index < -0.39 is 0 Å². The van der Waals surface area contributed by atoms with E-state index in [2.05, 4.69) is 50.4 Å². The summed E-state index contributed by atoms with van der Waals surface area (Å²) in [5.41, 5.74) is 2.92. The largest absolute Gasteiger partial charge is 0.363 e. The van der Waals surface area contributed by atoms with Gasteiger partial charge >= 0.3 is 0 Å². The quantitative estimate of drug-likeness (QED) is 0.709. The fraction of sp³-hybridized carbons (Fsp3) is 0.583. The molecule has 3 nitrogen and oxygen atoms in total. The van der Waals surface area contributed by atoms with Crippen LogP contribution in [0.4, 0.5) is 5.82 Å². The molecule has 1 aromatic carbocycles. The SMILES string of the molecule is CC1CCC(C(C)C)C(c2nccc(N[C@@H]3CCCc4ccccc43)n2)C1. The van der Waals surface area contributed by atoms with Crippen molar-refractivity contribution >= 4 is 5.82 Å². The lowest BCUT2D eigenvalue weighted by atomic mass is 9.70. The molecule has 0 bridgehead atoms. The molecular formula is C24H33N3. The van der Waals surface area contributed by atoms with Crippen LogP contribution in [-0.4, -0.2) is 9.97 Å². The number of hydrogen-bond donors (Lipinski definition) is 1. The van der Waals surface area contributed by atoms with Crippen LogP contribution in [0.15, 0.2) is 36.5 Å². The van der Waals surface area contributed by atoms with Crippen molar-refractivity contribution in [1.29, 1.82) is 0 Å². The van der Waals surface area contributed by atoms with Crippen molar-refractivity contribution in [2.75, 3.05) is 5.32 Å². The molecule has 2 aliphatic carbocycles. The van der Waals surface area contributed by atoms with E-state index in [4.69, 9.17) is 9.97 Å². The minimum absolute atomic E-state index is 0.365. The standard InChI is InChI=1S/C24H33N3/c1-16(2)19-12-11-17(3)15-21(19)24-25-14-13-23(27-24)26-22-10-6-8-18-7-4-5-9-20(18)22/h4-5,7,9,13-14,16-17,19,21-22H,6,8,10-12,15H2,1-3H3,(H,25,26,27)/t17?,19?,21?,22-/m1/s1. The number of nitrogens with zero attached hydrogens (tertiary/aromatic N) is 2. The number of benzene rings is 1. The van der Waals surface area contributed by atoms with Crippen LogP contribution in [0.5, 0.6) is 0 Å². The number of fused-ring (bicyclic) bond motifs is 1. The van der Waals surface area contributed by atoms with Crippen molar-refractivity contribution in [3.8, 4) is 0 Å². The Bertz CT molecular complexity index is 770. The van der Waals surface area contributed by atoms with Gasteiger partial charge in [-0.25, -0.2) is 9.97 Å². The van der Waals surface area contributed by atoms with Gasteiger partial charge in [0, 0.05) is 12.1 Å². The summed E-state index contributed by atoms with van der Waals surface area (Å²) in [5.74, 6) is 4.70. The number of rotatable bonds is 4. The van der Waals surface area contributed by atoms with Crippen molar-refractivity contribution in [2.24, 2.45) is 17.8 Å². The molecule has 0 amide bonds. The second-order valence-electron chi connectivity index (χ2n) is 9.02. The smallest absolute Gasteiger partial charge is 0.134 e. The van der Waals surface area contributed by atoms with Crippen LogP contribution in [0.3, 0.4) is 0 Å². The van der Waals surface area contributed by atoms with Crippen LogP contribution in [0.25, 0.3) is 0 Å². The molecule has 4 atom stereocenters. The summed E-state index contributed by atoms with van der Waals surface area (Å²) in [6.07, 6.45) is 9.43. The molecule has 1 heterocycles. The van der Waals surface area contributed by atoms with Crippen molar-refractivity contribution in [3.63, 3.8) is 0 Å². The predicted molar refractivity (Wildman–Crippen MR) is 112 cm³/mol. The number of anilines is 1. The van der Waals surface area contributed by atoms with E-state index >= 15 is 0 Å². The summed E-state index contributed by atoms with van der Waals surface area (Å²) in [6.45, 7) is 7.09. The zero-order chi connectivity index (χ0) is 18.8. The van der Waals surface area contributed by atoms with Gasteiger partial charge < -0.3 is 5.32 Å². The molecule has 0 saturated heterocycles. The third-order valence-corrected chi connectivity index (χ3v) is 6.72. The van der Waals surface area contributed by atoms with Gasteiger partial charge in [-0.15, -0.1) is 0 Å². The highest BCUT2D eigenvalue weighted by atomic mass is 15.1. The molecule has 27 heavy (non-hydrogen) atoms. The van der Waals surface area contributed by atoms with Crippen LogP contribution < -0.4 is 5.32 Å². The highest BCUT2D eigenvalue weighted by molar-refractivity contribution is 5.42. The maximum absolute atomic E-state index is 5.01. The first-order chi connectivity index (χ1) is 13.1. The van der Waals surface area contributed by atoms with Crippen molar-refractivity contribution in [3.05, 3.63) is 53.5 Å². The van der Waals surface area contributed by atoms with Crippen LogP contribution in [0, 0.1) is 17.8 Å². The fourth-order valence-corrected chi connectivity index (χ4v) is 5.21. The second-order valence-corrected chi connectivity index (χ2v) is 9.02. The summed E-state index contributed by atoms with van der Waals surface area (Å²) in [7, 11) is 0. The van der Waals surface area contributed by atoms with Gasteiger partial charge in [0.1, 0.15) is 11.6 Å². The second kappa shape index (κ2) is 8.00. The fourth-order valence-electron chi connectivity index (χ4n) is 5.21. The van der Waals surface area contributed by atoms with Gasteiger partial charge in [-0.05, 0) is 67.1 Å². The Hall–Kier alpha value is -1.90. The molecule has 144 valence electrons. The molecule has 0 radical (unpaired) electrons. The molecule has 2 aliphatic rings. The third-order valence-electron chi connectivity index (χ3n) is 6.72. The lowest BCUT2D eigenvalue weighted by Gasteiger charge is -2.36. The number of aryl methyl sites for hydroxylation is 1. The monoisotopic (exact) mass is 363 g/mol. The van der Waals surface area contributed by atoms with E-state index in [1.54, 1.807) is 0 Å². The van der Waals surface area contributed by atoms with Gasteiger partial charge in [-0.2, -0.15) is 0 Å². The molecule has 1 saturated carbocycles. The first-order valence-electron chi connectivity index (χ1n) is 10.8. The lowest BCUT2D eigenvalue weighted by molar-refractivity contribution is 0.191. The van der Waals surface area contributed by atoms with Crippen molar-refractivity contribution < 1.29 is 0 Å². The minimum Gasteiger partial charge on any atom is -0.363 e. The van der Waals surface area contributed by atoms with Crippen molar-refractivity contribution in [1.82, 2.24) is 9.97 Å². The number of aromatic nitrogens is 2. The molecule has 1 fully saturated rings. The Balaban J connectivity index is 1.56. The topological polar surface area (TPSA) is 37.8 Å². The van der Waals surface area contributed by atoms with E-state index in [9.17, 15) is 0 Å². The maximum Gasteiger partial charge on any atom is 0.134 e. The average Bonchev–Trinajstić information content (AvgIpc) is 2.68. The Morgan fingerprint density at radius 1 is 1.07 bits per heavy atom. The average molecular weight is 364 g/mol. The van der Waals surface area contributed by atoms with Gasteiger partial charge in [-0.3, -0.25) is 0 Å². The Morgan fingerprint density at radius 2 is 1.93 bits per heavy atom. The molecule has 0 spiro atoms.